The highest BCUT2D eigenvalue weighted by Crippen LogP contribution is 2.60. The number of carbonyl (C=O) groups excluding carboxylic acids is 2. The second-order valence-electron chi connectivity index (χ2n) is 7.06. The van der Waals surface area contributed by atoms with Crippen LogP contribution < -0.4 is 0 Å². The maximum Gasteiger partial charge on any atom is 0.330 e. The van der Waals surface area contributed by atoms with Gasteiger partial charge in [0.1, 0.15) is 18.0 Å². The third kappa shape index (κ3) is 2.70. The third-order valence-electron chi connectivity index (χ3n) is 4.91. The van der Waals surface area contributed by atoms with Crippen molar-refractivity contribution in [2.45, 2.75) is 39.9 Å². The molecule has 26 heavy (non-hydrogen) atoms. The molecule has 4 rings (SSSR count). The van der Waals surface area contributed by atoms with Crippen LogP contribution in [0.25, 0.3) is 10.8 Å². The van der Waals surface area contributed by atoms with E-state index in [4.69, 9.17) is 4.74 Å². The fourth-order valence-electron chi connectivity index (χ4n) is 3.61. The highest BCUT2D eigenvalue weighted by atomic mass is 79.9. The second-order valence-corrected chi connectivity index (χ2v) is 12.4. The minimum atomic E-state index is -0.785. The molecule has 2 atom stereocenters. The predicted molar refractivity (Wildman–Crippen MR) is 110 cm³/mol. The third-order valence-corrected chi connectivity index (χ3v) is 8.69. The predicted octanol–water partition coefficient (Wildman–Crippen LogP) is 4.43. The van der Waals surface area contributed by atoms with Crippen LogP contribution in [0.4, 0.5) is 0 Å². The summed E-state index contributed by atoms with van der Waals surface area (Å²) in [5, 5.41) is 2.06. The Kier molecular flexibility index (Phi) is 4.40. The van der Waals surface area contributed by atoms with Crippen LogP contribution in [-0.4, -0.2) is 36.2 Å². The molecule has 0 bridgehead atoms. The zero-order valence-corrected chi connectivity index (χ0v) is 18.2. The Hall–Kier alpha value is -1.05. The first-order valence-corrected chi connectivity index (χ1v) is 10.7. The molecule has 2 aromatic carbocycles. The number of rotatable bonds is 3. The van der Waals surface area contributed by atoms with Gasteiger partial charge < -0.3 is 9.64 Å². The SMILES string of the molecule is CC1(C)S[C@H]2N(C(=O)C2(Br)Br)[C@H]1C(=O)OCc1cccc2ccccc12. The van der Waals surface area contributed by atoms with Crippen LogP contribution in [0.1, 0.15) is 19.4 Å². The second kappa shape index (κ2) is 6.24. The molecule has 7 heteroatoms. The summed E-state index contributed by atoms with van der Waals surface area (Å²) in [5.74, 6) is -0.491. The van der Waals surface area contributed by atoms with Gasteiger partial charge in [-0.25, -0.2) is 4.79 Å². The van der Waals surface area contributed by atoms with Gasteiger partial charge in [-0.1, -0.05) is 74.3 Å². The van der Waals surface area contributed by atoms with E-state index >= 15 is 0 Å². The largest absolute Gasteiger partial charge is 0.459 e. The molecule has 0 unspecified atom stereocenters. The summed E-state index contributed by atoms with van der Waals surface area (Å²) in [7, 11) is 0. The van der Waals surface area contributed by atoms with E-state index in [0.717, 1.165) is 16.3 Å². The quantitative estimate of drug-likeness (QED) is 0.356. The summed E-state index contributed by atoms with van der Waals surface area (Å²) in [5.41, 5.74) is 0.960. The minimum absolute atomic E-state index is 0.125. The van der Waals surface area contributed by atoms with Crippen molar-refractivity contribution in [1.29, 1.82) is 0 Å². The van der Waals surface area contributed by atoms with Crippen molar-refractivity contribution < 1.29 is 14.3 Å². The molecule has 2 saturated heterocycles. The molecule has 2 fully saturated rings. The molecule has 2 heterocycles. The topological polar surface area (TPSA) is 46.6 Å². The van der Waals surface area contributed by atoms with Gasteiger partial charge in [0.25, 0.3) is 5.91 Å². The van der Waals surface area contributed by atoms with Crippen molar-refractivity contribution in [2.24, 2.45) is 0 Å². The summed E-state index contributed by atoms with van der Waals surface area (Å²) >= 11 is 8.44. The maximum absolute atomic E-state index is 12.9. The number of fused-ring (bicyclic) bond motifs is 2. The molecule has 4 nitrogen and oxygen atoms in total. The van der Waals surface area contributed by atoms with E-state index in [2.05, 4.69) is 31.9 Å². The van der Waals surface area contributed by atoms with Gasteiger partial charge in [-0.2, -0.15) is 0 Å². The molecule has 2 aliphatic rings. The van der Waals surface area contributed by atoms with Gasteiger partial charge in [0.05, 0.1) is 0 Å². The van der Waals surface area contributed by atoms with Gasteiger partial charge in [-0.15, -0.1) is 11.8 Å². The molecular formula is C19H17Br2NO3S. The Morgan fingerprint density at radius 2 is 1.88 bits per heavy atom. The molecule has 0 radical (unpaired) electrons. The molecule has 0 spiro atoms. The summed E-state index contributed by atoms with van der Waals surface area (Å²) in [4.78, 5) is 26.9. The Balaban J connectivity index is 1.54. The Bertz CT molecular complexity index is 909. The van der Waals surface area contributed by atoms with E-state index in [1.165, 1.54) is 0 Å². The first-order chi connectivity index (χ1) is 12.2. The van der Waals surface area contributed by atoms with Crippen molar-refractivity contribution >= 4 is 66.3 Å². The number of nitrogens with zero attached hydrogens (tertiary/aromatic N) is 1. The number of esters is 1. The molecule has 1 amide bonds. The van der Waals surface area contributed by atoms with Crippen LogP contribution in [0.15, 0.2) is 42.5 Å². The van der Waals surface area contributed by atoms with Gasteiger partial charge in [-0.05, 0) is 30.2 Å². The van der Waals surface area contributed by atoms with Gasteiger partial charge in [0.2, 0.25) is 0 Å². The maximum atomic E-state index is 12.9. The average molecular weight is 499 g/mol. The van der Waals surface area contributed by atoms with Crippen molar-refractivity contribution in [3.63, 3.8) is 0 Å². The molecule has 0 saturated carbocycles. The number of amides is 1. The highest BCUT2D eigenvalue weighted by molar-refractivity contribution is 9.26. The number of hydrogen-bond donors (Lipinski definition) is 0. The fraction of sp³-hybridized carbons (Fsp3) is 0.368. The number of benzene rings is 2. The number of β-lactam (4-membered cyclic amide) rings is 1. The lowest BCUT2D eigenvalue weighted by Crippen LogP contribution is -2.68. The van der Waals surface area contributed by atoms with Gasteiger partial charge in [-0.3, -0.25) is 4.79 Å². The normalized spacial score (nSPS) is 25.7. The number of halogens is 2. The fourth-order valence-corrected chi connectivity index (χ4v) is 6.51. The Morgan fingerprint density at radius 1 is 1.19 bits per heavy atom. The van der Waals surface area contributed by atoms with Gasteiger partial charge in [0, 0.05) is 4.75 Å². The molecule has 2 aromatic rings. The van der Waals surface area contributed by atoms with Gasteiger partial charge in [0.15, 0.2) is 3.23 Å². The van der Waals surface area contributed by atoms with Crippen molar-refractivity contribution in [3.05, 3.63) is 48.0 Å². The molecule has 0 aliphatic carbocycles. The molecular weight excluding hydrogens is 482 g/mol. The van der Waals surface area contributed by atoms with E-state index in [0.29, 0.717) is 0 Å². The molecule has 0 N–H and O–H groups in total. The smallest absolute Gasteiger partial charge is 0.330 e. The summed E-state index contributed by atoms with van der Waals surface area (Å²) in [6.45, 7) is 4.14. The minimum Gasteiger partial charge on any atom is -0.459 e. The van der Waals surface area contributed by atoms with Crippen LogP contribution in [0.2, 0.25) is 0 Å². The standard InChI is InChI=1S/C19H17Br2NO3S/c1-18(2)14(22-16(24)19(20,21)17(22)26-18)15(23)25-10-12-8-5-7-11-6-3-4-9-13(11)12/h3-9,14,17H,10H2,1-2H3/t14-,17+/m0/s1. The summed E-state index contributed by atoms with van der Waals surface area (Å²) in [6, 6.07) is 13.4. The van der Waals surface area contributed by atoms with Gasteiger partial charge >= 0.3 is 5.97 Å². The number of alkyl halides is 2. The molecule has 2 aliphatic heterocycles. The lowest BCUT2D eigenvalue weighted by atomic mass is 9.98. The zero-order valence-electron chi connectivity index (χ0n) is 14.2. The average Bonchev–Trinajstić information content (AvgIpc) is 2.89. The molecule has 0 aromatic heterocycles. The lowest BCUT2D eigenvalue weighted by molar-refractivity contribution is -0.162. The van der Waals surface area contributed by atoms with E-state index in [-0.39, 0.29) is 23.9 Å². The van der Waals surface area contributed by atoms with Crippen LogP contribution >= 0.6 is 43.6 Å². The van der Waals surface area contributed by atoms with Crippen molar-refractivity contribution in [3.8, 4) is 0 Å². The van der Waals surface area contributed by atoms with E-state index in [1.54, 1.807) is 16.7 Å². The highest BCUT2D eigenvalue weighted by Gasteiger charge is 2.70. The van der Waals surface area contributed by atoms with Crippen molar-refractivity contribution in [2.75, 3.05) is 0 Å². The summed E-state index contributed by atoms with van der Waals surface area (Å²) in [6.07, 6.45) is 0. The van der Waals surface area contributed by atoms with Crippen LogP contribution in [0.3, 0.4) is 0 Å². The first-order valence-electron chi connectivity index (χ1n) is 8.25. The van der Waals surface area contributed by atoms with Crippen LogP contribution in [-0.2, 0) is 20.9 Å². The number of hydrogen-bond acceptors (Lipinski definition) is 4. The van der Waals surface area contributed by atoms with Crippen LogP contribution in [0, 0.1) is 0 Å². The summed E-state index contributed by atoms with van der Waals surface area (Å²) < 4.78 is 4.45. The first kappa shape index (κ1) is 18.3. The zero-order chi connectivity index (χ0) is 18.7. The van der Waals surface area contributed by atoms with E-state index < -0.39 is 14.0 Å². The monoisotopic (exact) mass is 497 g/mol. The number of ether oxygens (including phenoxy) is 1. The number of thioether (sulfide) groups is 1. The lowest BCUT2D eigenvalue weighted by Gasteiger charge is -2.46. The van der Waals surface area contributed by atoms with E-state index in [9.17, 15) is 9.59 Å². The van der Waals surface area contributed by atoms with Crippen LogP contribution in [0.5, 0.6) is 0 Å². The van der Waals surface area contributed by atoms with E-state index in [1.807, 2.05) is 56.3 Å². The van der Waals surface area contributed by atoms with Crippen molar-refractivity contribution in [1.82, 2.24) is 4.90 Å². The molecule has 136 valence electrons. The Morgan fingerprint density at radius 3 is 2.65 bits per heavy atom. The number of carbonyl (C=O) groups is 2. The Labute approximate surface area is 172 Å².